The zero-order chi connectivity index (χ0) is 13.4. The third-order valence-corrected chi connectivity index (χ3v) is 4.14. The van der Waals surface area contributed by atoms with Crippen LogP contribution in [0.5, 0.6) is 0 Å². The molecule has 1 amide bonds. The van der Waals surface area contributed by atoms with E-state index in [2.05, 4.69) is 14.8 Å². The number of nitrogens with zero attached hydrogens (tertiary/aromatic N) is 3. The highest BCUT2D eigenvalue weighted by Crippen LogP contribution is 2.27. The number of anilines is 2. The molecule has 102 valence electrons. The Morgan fingerprint density at radius 1 is 1.26 bits per heavy atom. The van der Waals surface area contributed by atoms with E-state index in [4.69, 9.17) is 11.5 Å². The molecule has 6 nitrogen and oxygen atoms in total. The van der Waals surface area contributed by atoms with Gasteiger partial charge in [0.05, 0.1) is 17.4 Å². The number of pyridine rings is 1. The lowest BCUT2D eigenvalue weighted by Crippen LogP contribution is -2.38. The van der Waals surface area contributed by atoms with Crippen LogP contribution in [-0.2, 0) is 0 Å². The number of carbonyl (C=O) groups is 1. The molecule has 0 saturated carbocycles. The zero-order valence-corrected chi connectivity index (χ0v) is 10.9. The summed E-state index contributed by atoms with van der Waals surface area (Å²) < 4.78 is 0. The Kier molecular flexibility index (Phi) is 3.02. The van der Waals surface area contributed by atoms with E-state index in [1.807, 2.05) is 0 Å². The monoisotopic (exact) mass is 261 g/mol. The Labute approximate surface area is 112 Å². The third-order valence-electron chi connectivity index (χ3n) is 4.14. The van der Waals surface area contributed by atoms with Crippen LogP contribution in [-0.4, -0.2) is 48.0 Å². The summed E-state index contributed by atoms with van der Waals surface area (Å²) in [5.41, 5.74) is 11.8. The Morgan fingerprint density at radius 2 is 2.00 bits per heavy atom. The Bertz CT molecular complexity index is 496. The average molecular weight is 261 g/mol. The number of carbonyl (C=O) groups excluding carboxylic acids is 1. The van der Waals surface area contributed by atoms with Gasteiger partial charge in [-0.25, -0.2) is 4.98 Å². The molecule has 3 saturated heterocycles. The molecule has 0 spiro atoms. The second kappa shape index (κ2) is 4.70. The maximum absolute atomic E-state index is 11.4. The molecule has 4 heterocycles. The van der Waals surface area contributed by atoms with E-state index < -0.39 is 5.91 Å². The highest BCUT2D eigenvalue weighted by atomic mass is 16.1. The van der Waals surface area contributed by atoms with E-state index in [9.17, 15) is 4.79 Å². The van der Waals surface area contributed by atoms with E-state index in [0.717, 1.165) is 44.8 Å². The molecule has 2 bridgehead atoms. The molecule has 0 radical (unpaired) electrons. The number of aromatic nitrogens is 1. The smallest absolute Gasteiger partial charge is 0.250 e. The normalized spacial score (nSPS) is 26.2. The highest BCUT2D eigenvalue weighted by Gasteiger charge is 2.30. The van der Waals surface area contributed by atoms with Gasteiger partial charge < -0.3 is 21.3 Å². The van der Waals surface area contributed by atoms with Gasteiger partial charge in [0.15, 0.2) is 0 Å². The van der Waals surface area contributed by atoms with Crippen molar-refractivity contribution in [2.75, 3.05) is 36.8 Å². The van der Waals surface area contributed by atoms with E-state index >= 15 is 0 Å². The van der Waals surface area contributed by atoms with E-state index in [1.165, 1.54) is 6.20 Å². The minimum absolute atomic E-state index is 0.346. The summed E-state index contributed by atoms with van der Waals surface area (Å²) in [4.78, 5) is 20.5. The van der Waals surface area contributed by atoms with Crippen molar-refractivity contribution >= 4 is 17.4 Å². The molecule has 0 aromatic carbocycles. The predicted octanol–water partition coefficient (Wildman–Crippen LogP) is 0.0471. The quantitative estimate of drug-likeness (QED) is 0.785. The van der Waals surface area contributed by atoms with Crippen molar-refractivity contribution in [3.05, 3.63) is 17.8 Å². The lowest BCUT2D eigenvalue weighted by atomic mass is 10.0. The van der Waals surface area contributed by atoms with Crippen molar-refractivity contribution in [3.63, 3.8) is 0 Å². The minimum Gasteiger partial charge on any atom is -0.397 e. The summed E-state index contributed by atoms with van der Waals surface area (Å²) in [6.45, 7) is 4.30. The number of nitrogen functional groups attached to an aromatic ring is 1. The molecule has 3 aliphatic heterocycles. The molecule has 3 aliphatic rings. The summed E-state index contributed by atoms with van der Waals surface area (Å²) >= 11 is 0. The number of amides is 1. The van der Waals surface area contributed by atoms with Gasteiger partial charge in [-0.05, 0) is 18.9 Å². The van der Waals surface area contributed by atoms with E-state index in [0.29, 0.717) is 17.3 Å². The second-order valence-electron chi connectivity index (χ2n) is 5.26. The Hall–Kier alpha value is -1.82. The summed E-state index contributed by atoms with van der Waals surface area (Å²) in [6, 6.07) is 2.24. The molecule has 3 fully saturated rings. The van der Waals surface area contributed by atoms with Crippen molar-refractivity contribution in [2.45, 2.75) is 18.9 Å². The number of primary amides is 1. The summed E-state index contributed by atoms with van der Waals surface area (Å²) in [6.07, 6.45) is 3.84. The third kappa shape index (κ3) is 2.23. The van der Waals surface area contributed by atoms with Crippen LogP contribution in [0.3, 0.4) is 0 Å². The van der Waals surface area contributed by atoms with Gasteiger partial charge in [0.2, 0.25) is 0 Å². The van der Waals surface area contributed by atoms with Crippen LogP contribution in [0.4, 0.5) is 11.5 Å². The fraction of sp³-hybridized carbons (Fsp3) is 0.538. The van der Waals surface area contributed by atoms with Crippen LogP contribution in [0.2, 0.25) is 0 Å². The summed E-state index contributed by atoms with van der Waals surface area (Å²) in [5, 5.41) is 0. The molecule has 6 heteroatoms. The minimum atomic E-state index is -0.496. The number of nitrogens with two attached hydrogens (primary N) is 2. The fourth-order valence-electron chi connectivity index (χ4n) is 3.01. The molecular formula is C13H19N5O. The van der Waals surface area contributed by atoms with Crippen LogP contribution in [0.25, 0.3) is 0 Å². The first-order valence-electron chi connectivity index (χ1n) is 6.69. The van der Waals surface area contributed by atoms with Crippen LogP contribution in [0, 0.1) is 0 Å². The van der Waals surface area contributed by atoms with Crippen molar-refractivity contribution in [1.82, 2.24) is 9.88 Å². The average Bonchev–Trinajstić information content (AvgIpc) is 2.73. The van der Waals surface area contributed by atoms with Gasteiger partial charge in [-0.1, -0.05) is 0 Å². The number of hydrogen-bond donors (Lipinski definition) is 2. The maximum Gasteiger partial charge on any atom is 0.250 e. The van der Waals surface area contributed by atoms with Gasteiger partial charge in [0.1, 0.15) is 5.82 Å². The largest absolute Gasteiger partial charge is 0.397 e. The van der Waals surface area contributed by atoms with Crippen LogP contribution >= 0.6 is 0 Å². The first-order valence-corrected chi connectivity index (χ1v) is 6.69. The summed E-state index contributed by atoms with van der Waals surface area (Å²) in [7, 11) is 0. The molecular weight excluding hydrogens is 242 g/mol. The van der Waals surface area contributed by atoms with Gasteiger partial charge in [0, 0.05) is 32.2 Å². The lowest BCUT2D eigenvalue weighted by molar-refractivity contribution is 0.100. The van der Waals surface area contributed by atoms with Gasteiger partial charge in [-0.3, -0.25) is 4.79 Å². The number of fused-ring (bicyclic) bond motifs is 4. The molecule has 4 rings (SSSR count). The van der Waals surface area contributed by atoms with Crippen molar-refractivity contribution in [1.29, 1.82) is 0 Å². The van der Waals surface area contributed by atoms with Crippen molar-refractivity contribution in [2.24, 2.45) is 5.73 Å². The van der Waals surface area contributed by atoms with Gasteiger partial charge >= 0.3 is 0 Å². The molecule has 1 aromatic heterocycles. The van der Waals surface area contributed by atoms with E-state index in [1.54, 1.807) is 6.07 Å². The number of piperidine rings is 1. The molecule has 4 N–H and O–H groups in total. The van der Waals surface area contributed by atoms with Crippen LogP contribution < -0.4 is 16.4 Å². The van der Waals surface area contributed by atoms with Gasteiger partial charge in [-0.15, -0.1) is 0 Å². The van der Waals surface area contributed by atoms with Gasteiger partial charge in [-0.2, -0.15) is 0 Å². The molecule has 0 aliphatic carbocycles. The summed E-state index contributed by atoms with van der Waals surface area (Å²) in [5.74, 6) is 0.320. The van der Waals surface area contributed by atoms with Crippen LogP contribution in [0.1, 0.15) is 23.2 Å². The topological polar surface area (TPSA) is 88.5 Å². The lowest BCUT2D eigenvalue weighted by Gasteiger charge is -2.32. The molecule has 0 unspecified atom stereocenters. The molecule has 19 heavy (non-hydrogen) atoms. The second-order valence-corrected chi connectivity index (χ2v) is 5.26. The number of hydrogen-bond acceptors (Lipinski definition) is 5. The van der Waals surface area contributed by atoms with Crippen molar-refractivity contribution in [3.8, 4) is 0 Å². The van der Waals surface area contributed by atoms with Gasteiger partial charge in [0.25, 0.3) is 5.91 Å². The molecule has 0 atom stereocenters. The SMILES string of the molecule is NC(=O)c1cc(N2CCN3CCC2CC3)ncc1N. The Balaban J connectivity index is 1.93. The highest BCUT2D eigenvalue weighted by molar-refractivity contribution is 5.98. The standard InChI is InChI=1S/C13H19N5O/c14-11-8-16-12(7-10(11)13(15)19)18-6-5-17-3-1-9(18)2-4-17/h7-9H,1-6,14H2,(H2,15,19). The first kappa shape index (κ1) is 12.2. The zero-order valence-electron chi connectivity index (χ0n) is 10.9. The Morgan fingerprint density at radius 3 is 2.68 bits per heavy atom. The molecule has 1 aromatic rings. The van der Waals surface area contributed by atoms with E-state index in [-0.39, 0.29) is 0 Å². The fourth-order valence-corrected chi connectivity index (χ4v) is 3.01. The first-order chi connectivity index (χ1) is 9.15. The maximum atomic E-state index is 11.4. The predicted molar refractivity (Wildman–Crippen MR) is 74.0 cm³/mol. The van der Waals surface area contributed by atoms with Crippen LogP contribution in [0.15, 0.2) is 12.3 Å². The van der Waals surface area contributed by atoms with Crippen molar-refractivity contribution < 1.29 is 4.79 Å². The number of rotatable bonds is 2.